The van der Waals surface area contributed by atoms with Gasteiger partial charge in [0.05, 0.1) is 0 Å². The van der Waals surface area contributed by atoms with E-state index in [1.165, 1.54) is 5.56 Å². The Morgan fingerprint density at radius 2 is 1.57 bits per heavy atom. The predicted octanol–water partition coefficient (Wildman–Crippen LogP) is 5.59. The van der Waals surface area contributed by atoms with Crippen molar-refractivity contribution in [2.75, 3.05) is 5.32 Å². The van der Waals surface area contributed by atoms with Gasteiger partial charge in [-0.15, -0.1) is 0 Å². The first kappa shape index (κ1) is 17.0. The van der Waals surface area contributed by atoms with Crippen molar-refractivity contribution in [3.05, 3.63) is 71.3 Å². The Balaban J connectivity index is 2.05. The Hall–Kier alpha value is -2.35. The van der Waals surface area contributed by atoms with Crippen LogP contribution in [-0.2, 0) is 4.79 Å². The molecule has 120 valence electrons. The van der Waals surface area contributed by atoms with Gasteiger partial charge in [-0.3, -0.25) is 4.79 Å². The Morgan fingerprint density at radius 1 is 0.913 bits per heavy atom. The first-order valence-corrected chi connectivity index (χ1v) is 8.15. The first-order chi connectivity index (χ1) is 11.0. The van der Waals surface area contributed by atoms with Crippen LogP contribution in [0, 0.1) is 0 Å². The lowest BCUT2D eigenvalue weighted by molar-refractivity contribution is -0.111. The number of rotatable bonds is 5. The summed E-state index contributed by atoms with van der Waals surface area (Å²) in [6.45, 7) is 8.59. The highest BCUT2D eigenvalue weighted by atomic mass is 16.1. The molecule has 1 amide bonds. The van der Waals surface area contributed by atoms with Gasteiger partial charge in [-0.2, -0.15) is 0 Å². The molecule has 0 saturated carbocycles. The summed E-state index contributed by atoms with van der Waals surface area (Å²) in [6, 6.07) is 16.2. The smallest absolute Gasteiger partial charge is 0.248 e. The van der Waals surface area contributed by atoms with Gasteiger partial charge in [0, 0.05) is 11.8 Å². The first-order valence-electron chi connectivity index (χ1n) is 8.15. The molecule has 2 rings (SSSR count). The van der Waals surface area contributed by atoms with E-state index < -0.39 is 0 Å². The van der Waals surface area contributed by atoms with Gasteiger partial charge in [-0.1, -0.05) is 70.2 Å². The average Bonchev–Trinajstić information content (AvgIpc) is 2.53. The molecule has 0 heterocycles. The van der Waals surface area contributed by atoms with Crippen molar-refractivity contribution in [3.8, 4) is 0 Å². The van der Waals surface area contributed by atoms with E-state index in [9.17, 15) is 4.79 Å². The molecule has 23 heavy (non-hydrogen) atoms. The van der Waals surface area contributed by atoms with E-state index in [-0.39, 0.29) is 5.91 Å². The van der Waals surface area contributed by atoms with Gasteiger partial charge in [-0.25, -0.2) is 0 Å². The lowest BCUT2D eigenvalue weighted by Crippen LogP contribution is -2.10. The lowest BCUT2D eigenvalue weighted by atomic mass is 10.0. The zero-order chi connectivity index (χ0) is 16.8. The van der Waals surface area contributed by atoms with E-state index in [1.807, 2.05) is 36.4 Å². The molecule has 2 aromatic carbocycles. The Morgan fingerprint density at radius 3 is 2.17 bits per heavy atom. The summed E-state index contributed by atoms with van der Waals surface area (Å²) in [7, 11) is 0. The summed E-state index contributed by atoms with van der Waals surface area (Å²) < 4.78 is 0. The molecule has 0 aromatic heterocycles. The second-order valence-electron chi connectivity index (χ2n) is 6.39. The summed E-state index contributed by atoms with van der Waals surface area (Å²) in [5.74, 6) is 0.786. The number of benzene rings is 2. The molecule has 0 aliphatic rings. The third kappa shape index (κ3) is 4.82. The third-order valence-corrected chi connectivity index (χ3v) is 3.87. The molecule has 0 aliphatic heterocycles. The van der Waals surface area contributed by atoms with E-state index in [2.05, 4.69) is 51.2 Å². The van der Waals surface area contributed by atoms with Crippen LogP contribution in [0.25, 0.3) is 6.08 Å². The van der Waals surface area contributed by atoms with E-state index in [4.69, 9.17) is 0 Å². The van der Waals surface area contributed by atoms with Crippen LogP contribution < -0.4 is 5.32 Å². The summed E-state index contributed by atoms with van der Waals surface area (Å²) in [5, 5.41) is 2.97. The van der Waals surface area contributed by atoms with Crippen LogP contribution in [0.3, 0.4) is 0 Å². The molecule has 2 aromatic rings. The average molecular weight is 307 g/mol. The number of hydrogen-bond donors (Lipinski definition) is 1. The van der Waals surface area contributed by atoms with Crippen LogP contribution in [0.2, 0.25) is 0 Å². The molecule has 2 heteroatoms. The summed E-state index contributed by atoms with van der Waals surface area (Å²) in [5.41, 5.74) is 4.36. The van der Waals surface area contributed by atoms with Gasteiger partial charge >= 0.3 is 0 Å². The fraction of sp³-hybridized carbons (Fsp3) is 0.286. The fourth-order valence-electron chi connectivity index (χ4n) is 2.45. The molecule has 1 N–H and O–H groups in total. The summed E-state index contributed by atoms with van der Waals surface area (Å²) >= 11 is 0. The molecular weight excluding hydrogens is 282 g/mol. The highest BCUT2D eigenvalue weighted by Gasteiger charge is 2.07. The molecule has 0 unspecified atom stereocenters. The van der Waals surface area contributed by atoms with Crippen molar-refractivity contribution in [1.29, 1.82) is 0 Å². The van der Waals surface area contributed by atoms with Crippen LogP contribution in [0.15, 0.2) is 54.6 Å². The van der Waals surface area contributed by atoms with Gasteiger partial charge in [0.15, 0.2) is 0 Å². The summed E-state index contributed by atoms with van der Waals surface area (Å²) in [4.78, 5) is 12.1. The molecule has 0 atom stereocenters. The number of nitrogens with one attached hydrogen (secondary N) is 1. The molecule has 0 saturated heterocycles. The van der Waals surface area contributed by atoms with Gasteiger partial charge in [-0.05, 0) is 40.7 Å². The monoisotopic (exact) mass is 307 g/mol. The SMILES string of the molecule is CC(C)c1ccc(/C=C/C(=O)Nc2ccccc2C(C)C)cc1. The van der Waals surface area contributed by atoms with Crippen LogP contribution in [-0.4, -0.2) is 5.91 Å². The van der Waals surface area contributed by atoms with Gasteiger partial charge < -0.3 is 5.32 Å². The maximum absolute atomic E-state index is 12.1. The predicted molar refractivity (Wildman–Crippen MR) is 98.7 cm³/mol. The zero-order valence-corrected chi connectivity index (χ0v) is 14.3. The van der Waals surface area contributed by atoms with Crippen molar-refractivity contribution < 1.29 is 4.79 Å². The second kappa shape index (κ2) is 7.77. The van der Waals surface area contributed by atoms with Crippen LogP contribution in [0.1, 0.15) is 56.2 Å². The Labute approximate surface area is 139 Å². The normalized spacial score (nSPS) is 11.4. The molecule has 0 radical (unpaired) electrons. The topological polar surface area (TPSA) is 29.1 Å². The standard InChI is InChI=1S/C21H25NO/c1-15(2)18-12-9-17(10-13-18)11-14-21(23)22-20-8-6-5-7-19(20)16(3)4/h5-16H,1-4H3,(H,22,23)/b14-11+. The second-order valence-corrected chi connectivity index (χ2v) is 6.39. The third-order valence-electron chi connectivity index (χ3n) is 3.87. The van der Waals surface area contributed by atoms with Crippen LogP contribution in [0.4, 0.5) is 5.69 Å². The van der Waals surface area contributed by atoms with Crippen LogP contribution in [0.5, 0.6) is 0 Å². The Kier molecular flexibility index (Phi) is 5.75. The van der Waals surface area contributed by atoms with Gasteiger partial charge in [0.2, 0.25) is 5.91 Å². The highest BCUT2D eigenvalue weighted by molar-refractivity contribution is 6.02. The number of carbonyl (C=O) groups is 1. The quantitative estimate of drug-likeness (QED) is 0.717. The van der Waals surface area contributed by atoms with Crippen LogP contribution >= 0.6 is 0 Å². The van der Waals surface area contributed by atoms with E-state index in [0.717, 1.165) is 16.8 Å². The summed E-state index contributed by atoms with van der Waals surface area (Å²) in [6.07, 6.45) is 3.43. The van der Waals surface area contributed by atoms with Gasteiger partial charge in [0.1, 0.15) is 0 Å². The van der Waals surface area contributed by atoms with E-state index in [1.54, 1.807) is 6.08 Å². The molecule has 0 bridgehead atoms. The number of hydrogen-bond acceptors (Lipinski definition) is 1. The number of amides is 1. The number of para-hydroxylation sites is 1. The highest BCUT2D eigenvalue weighted by Crippen LogP contribution is 2.23. The molecular formula is C21H25NO. The molecule has 0 aliphatic carbocycles. The minimum Gasteiger partial charge on any atom is -0.322 e. The van der Waals surface area contributed by atoms with Crippen molar-refractivity contribution in [1.82, 2.24) is 0 Å². The lowest BCUT2D eigenvalue weighted by Gasteiger charge is -2.12. The maximum atomic E-state index is 12.1. The minimum absolute atomic E-state index is 0.106. The van der Waals surface area contributed by atoms with Crippen molar-refractivity contribution in [2.45, 2.75) is 39.5 Å². The fourth-order valence-corrected chi connectivity index (χ4v) is 2.45. The van der Waals surface area contributed by atoms with Crippen molar-refractivity contribution in [3.63, 3.8) is 0 Å². The van der Waals surface area contributed by atoms with Crippen molar-refractivity contribution >= 4 is 17.7 Å². The number of anilines is 1. The number of carbonyl (C=O) groups excluding carboxylic acids is 1. The minimum atomic E-state index is -0.106. The van der Waals surface area contributed by atoms with Gasteiger partial charge in [0.25, 0.3) is 0 Å². The van der Waals surface area contributed by atoms with E-state index >= 15 is 0 Å². The zero-order valence-electron chi connectivity index (χ0n) is 14.3. The Bertz CT molecular complexity index is 681. The van der Waals surface area contributed by atoms with E-state index in [0.29, 0.717) is 11.8 Å². The molecule has 2 nitrogen and oxygen atoms in total. The van der Waals surface area contributed by atoms with Crippen molar-refractivity contribution in [2.24, 2.45) is 0 Å². The largest absolute Gasteiger partial charge is 0.322 e. The maximum Gasteiger partial charge on any atom is 0.248 e. The molecule has 0 fully saturated rings. The molecule has 0 spiro atoms.